The molecule has 0 radical (unpaired) electrons. The van der Waals surface area contributed by atoms with E-state index in [1.165, 1.54) is 11.3 Å². The van der Waals surface area contributed by atoms with Gasteiger partial charge in [-0.05, 0) is 39.4 Å². The Bertz CT molecular complexity index is 402. The Morgan fingerprint density at radius 2 is 1.80 bits per heavy atom. The molecule has 0 aliphatic carbocycles. The van der Waals surface area contributed by atoms with Gasteiger partial charge in [0.25, 0.3) is 0 Å². The molecule has 1 aromatic heterocycles. The molecule has 5 heteroatoms. The van der Waals surface area contributed by atoms with Gasteiger partial charge < -0.3 is 9.80 Å². The molecule has 0 atom stereocenters. The molecule has 0 amide bonds. The highest BCUT2D eigenvalue weighted by molar-refractivity contribution is 7.17. The number of anilines is 1. The Morgan fingerprint density at radius 3 is 2.25 bits per heavy atom. The molecule has 0 unspecified atom stereocenters. The minimum absolute atomic E-state index is 0.782. The Labute approximate surface area is 126 Å². The number of rotatable bonds is 10. The number of aldehydes is 1. The van der Waals surface area contributed by atoms with Crippen LogP contribution in [0, 0.1) is 0 Å². The van der Waals surface area contributed by atoms with Gasteiger partial charge in [0, 0.05) is 13.1 Å². The van der Waals surface area contributed by atoms with Gasteiger partial charge in [-0.25, -0.2) is 4.98 Å². The Morgan fingerprint density at radius 1 is 1.10 bits per heavy atom. The van der Waals surface area contributed by atoms with Crippen molar-refractivity contribution < 1.29 is 4.79 Å². The summed E-state index contributed by atoms with van der Waals surface area (Å²) in [6.45, 7) is 13.9. The van der Waals surface area contributed by atoms with Crippen molar-refractivity contribution in [3.63, 3.8) is 0 Å². The van der Waals surface area contributed by atoms with Crippen LogP contribution in [0.4, 0.5) is 5.13 Å². The van der Waals surface area contributed by atoms with E-state index in [2.05, 4.69) is 35.6 Å². The Hall–Kier alpha value is -0.940. The van der Waals surface area contributed by atoms with Crippen LogP contribution in [0.25, 0.3) is 0 Å². The highest BCUT2D eigenvalue weighted by Gasteiger charge is 2.14. The predicted molar refractivity (Wildman–Crippen MR) is 87.2 cm³/mol. The Balaban J connectivity index is 2.61. The highest BCUT2D eigenvalue weighted by Crippen LogP contribution is 2.25. The van der Waals surface area contributed by atoms with E-state index >= 15 is 0 Å². The molecular formula is C15H27N3OS. The van der Waals surface area contributed by atoms with Crippen LogP contribution in [0.1, 0.15) is 49.5 Å². The van der Waals surface area contributed by atoms with Crippen LogP contribution in [0.5, 0.6) is 0 Å². The Kier molecular flexibility index (Phi) is 7.77. The zero-order valence-electron chi connectivity index (χ0n) is 13.2. The number of thiazole rings is 1. The quantitative estimate of drug-likeness (QED) is 0.622. The number of carbonyl (C=O) groups is 1. The summed E-state index contributed by atoms with van der Waals surface area (Å²) >= 11 is 1.52. The lowest BCUT2D eigenvalue weighted by molar-refractivity contribution is 0.112. The van der Waals surface area contributed by atoms with Crippen LogP contribution >= 0.6 is 11.3 Å². The van der Waals surface area contributed by atoms with Crippen LogP contribution in [0.3, 0.4) is 0 Å². The molecule has 114 valence electrons. The molecule has 0 saturated heterocycles. The van der Waals surface area contributed by atoms with Crippen LogP contribution < -0.4 is 4.90 Å². The monoisotopic (exact) mass is 297 g/mol. The average molecular weight is 297 g/mol. The van der Waals surface area contributed by atoms with Crippen molar-refractivity contribution >= 4 is 22.8 Å². The molecule has 1 heterocycles. The fourth-order valence-corrected chi connectivity index (χ4v) is 3.30. The second-order valence-electron chi connectivity index (χ2n) is 4.74. The van der Waals surface area contributed by atoms with E-state index in [9.17, 15) is 4.79 Å². The first-order chi connectivity index (χ1) is 9.69. The number of nitrogens with zero attached hydrogens (tertiary/aromatic N) is 3. The summed E-state index contributed by atoms with van der Waals surface area (Å²) in [6.07, 6.45) is 2.89. The molecule has 4 nitrogen and oxygen atoms in total. The van der Waals surface area contributed by atoms with E-state index in [1.54, 1.807) is 0 Å². The highest BCUT2D eigenvalue weighted by atomic mass is 32.1. The zero-order valence-corrected chi connectivity index (χ0v) is 14.0. The van der Waals surface area contributed by atoms with Gasteiger partial charge in [0.15, 0.2) is 11.4 Å². The molecule has 0 fully saturated rings. The van der Waals surface area contributed by atoms with Crippen LogP contribution in [0.15, 0.2) is 0 Å². The lowest BCUT2D eigenvalue weighted by Gasteiger charge is -2.23. The summed E-state index contributed by atoms with van der Waals surface area (Å²) in [7, 11) is 0. The van der Waals surface area contributed by atoms with Gasteiger partial charge >= 0.3 is 0 Å². The van der Waals surface area contributed by atoms with Gasteiger partial charge in [-0.2, -0.15) is 0 Å². The number of hydrogen-bond acceptors (Lipinski definition) is 5. The summed E-state index contributed by atoms with van der Waals surface area (Å²) < 4.78 is 0. The second-order valence-corrected chi connectivity index (χ2v) is 5.75. The van der Waals surface area contributed by atoms with E-state index in [1.807, 2.05) is 6.92 Å². The molecule has 0 aliphatic heterocycles. The maximum Gasteiger partial charge on any atom is 0.186 e. The average Bonchev–Trinajstić information content (AvgIpc) is 2.90. The smallest absolute Gasteiger partial charge is 0.186 e. The van der Waals surface area contributed by atoms with Crippen molar-refractivity contribution in [3.8, 4) is 0 Å². The molecule has 1 rings (SSSR count). The maximum atomic E-state index is 11.0. The van der Waals surface area contributed by atoms with Crippen LogP contribution in [0.2, 0.25) is 0 Å². The number of hydrogen-bond donors (Lipinski definition) is 0. The zero-order chi connectivity index (χ0) is 15.0. The van der Waals surface area contributed by atoms with E-state index in [0.29, 0.717) is 0 Å². The van der Waals surface area contributed by atoms with E-state index in [-0.39, 0.29) is 0 Å². The number of carbonyl (C=O) groups excluding carboxylic acids is 1. The third-order valence-corrected chi connectivity index (χ3v) is 4.69. The fourth-order valence-electron chi connectivity index (χ4n) is 2.25. The van der Waals surface area contributed by atoms with E-state index in [0.717, 1.165) is 67.6 Å². The summed E-state index contributed by atoms with van der Waals surface area (Å²) in [5.74, 6) is 0. The van der Waals surface area contributed by atoms with Crippen LogP contribution in [-0.4, -0.2) is 48.9 Å². The first-order valence-corrected chi connectivity index (χ1v) is 8.43. The summed E-state index contributed by atoms with van der Waals surface area (Å²) in [5.41, 5.74) is 0.933. The number of aromatic nitrogens is 1. The van der Waals surface area contributed by atoms with Gasteiger partial charge in [0.1, 0.15) is 0 Å². The third kappa shape index (κ3) is 4.56. The largest absolute Gasteiger partial charge is 0.348 e. The van der Waals surface area contributed by atoms with Crippen LogP contribution in [-0.2, 0) is 6.42 Å². The van der Waals surface area contributed by atoms with Gasteiger partial charge in [-0.3, -0.25) is 4.79 Å². The van der Waals surface area contributed by atoms with Crippen molar-refractivity contribution in [1.82, 2.24) is 9.88 Å². The van der Waals surface area contributed by atoms with Gasteiger partial charge in [-0.15, -0.1) is 0 Å². The van der Waals surface area contributed by atoms with E-state index in [4.69, 9.17) is 0 Å². The standard InChI is InChI=1S/C15H27N3OS/c1-5-13-14(12-19)20-15(16-13)18(8-4)11-9-10-17(6-2)7-3/h12H,5-11H2,1-4H3. The molecule has 0 spiro atoms. The topological polar surface area (TPSA) is 36.4 Å². The maximum absolute atomic E-state index is 11.0. The van der Waals surface area contributed by atoms with Gasteiger partial charge in [0.05, 0.1) is 10.6 Å². The molecule has 1 aromatic rings. The van der Waals surface area contributed by atoms with Crippen molar-refractivity contribution in [1.29, 1.82) is 0 Å². The molecule has 0 N–H and O–H groups in total. The summed E-state index contributed by atoms with van der Waals surface area (Å²) in [5, 5.41) is 0.992. The first-order valence-electron chi connectivity index (χ1n) is 7.62. The second kappa shape index (κ2) is 9.08. The summed E-state index contributed by atoms with van der Waals surface area (Å²) in [4.78, 5) is 21.1. The fraction of sp³-hybridized carbons (Fsp3) is 0.733. The minimum Gasteiger partial charge on any atom is -0.348 e. The van der Waals surface area contributed by atoms with Crippen molar-refractivity contribution in [2.75, 3.05) is 37.6 Å². The number of aryl methyl sites for hydroxylation is 1. The van der Waals surface area contributed by atoms with Gasteiger partial charge in [0.2, 0.25) is 0 Å². The predicted octanol–water partition coefficient (Wildman–Crippen LogP) is 3.08. The lowest BCUT2D eigenvalue weighted by atomic mass is 10.3. The molecule has 20 heavy (non-hydrogen) atoms. The first kappa shape index (κ1) is 17.1. The van der Waals surface area contributed by atoms with Crippen molar-refractivity contribution in [2.45, 2.75) is 40.5 Å². The van der Waals surface area contributed by atoms with Crippen molar-refractivity contribution in [3.05, 3.63) is 10.6 Å². The molecule has 0 aromatic carbocycles. The molecule has 0 bridgehead atoms. The third-order valence-electron chi connectivity index (χ3n) is 3.61. The molecule has 0 aliphatic rings. The SMILES string of the molecule is CCc1nc(N(CC)CCCN(CC)CC)sc1C=O. The minimum atomic E-state index is 0.782. The van der Waals surface area contributed by atoms with Gasteiger partial charge in [-0.1, -0.05) is 32.1 Å². The van der Waals surface area contributed by atoms with Crippen molar-refractivity contribution in [2.24, 2.45) is 0 Å². The molecule has 0 saturated carbocycles. The van der Waals surface area contributed by atoms with E-state index < -0.39 is 0 Å². The lowest BCUT2D eigenvalue weighted by Crippen LogP contribution is -2.29. The summed E-state index contributed by atoms with van der Waals surface area (Å²) in [6, 6.07) is 0. The molecular weight excluding hydrogens is 270 g/mol. The normalized spacial score (nSPS) is 11.1.